The summed E-state index contributed by atoms with van der Waals surface area (Å²) in [5.41, 5.74) is 9.57. The van der Waals surface area contributed by atoms with E-state index in [-0.39, 0.29) is 23.8 Å². The summed E-state index contributed by atoms with van der Waals surface area (Å²) in [4.78, 5) is 21.3. The fourth-order valence-electron chi connectivity index (χ4n) is 10.1. The van der Waals surface area contributed by atoms with Crippen molar-refractivity contribution in [2.24, 2.45) is 18.9 Å². The molecule has 2 atom stereocenters. The molecule has 12 nitrogen and oxygen atoms in total. The Kier molecular flexibility index (Phi) is 11.9. The Morgan fingerprint density at radius 1 is 1.02 bits per heavy atom. The van der Waals surface area contributed by atoms with Gasteiger partial charge in [-0.1, -0.05) is 50.0 Å². The molecule has 0 bridgehead atoms. The van der Waals surface area contributed by atoms with E-state index in [4.69, 9.17) is 26.7 Å². The number of piperidine rings is 3. The molecule has 3 aromatic heterocycles. The number of fused-ring (bicyclic) bond motifs is 2. The number of aromatic nitrogens is 5. The third-order valence-electron chi connectivity index (χ3n) is 13.6. The van der Waals surface area contributed by atoms with Gasteiger partial charge in [0.05, 0.1) is 40.6 Å². The third-order valence-corrected chi connectivity index (χ3v) is 13.9. The van der Waals surface area contributed by atoms with E-state index in [1.165, 1.54) is 11.1 Å². The van der Waals surface area contributed by atoms with Crippen LogP contribution in [0.2, 0.25) is 5.02 Å². The van der Waals surface area contributed by atoms with Crippen molar-refractivity contribution >= 4 is 57.5 Å². The maximum atomic E-state index is 12.2. The van der Waals surface area contributed by atoms with Crippen LogP contribution in [0.25, 0.3) is 17.0 Å². The Morgan fingerprint density at radius 3 is 2.39 bits per heavy atom. The number of hydrogen-bond donors (Lipinski definition) is 4. The lowest BCUT2D eigenvalue weighted by atomic mass is 9.70. The fourth-order valence-corrected chi connectivity index (χ4v) is 10.2. The Morgan fingerprint density at radius 2 is 1.72 bits per heavy atom. The zero-order chi connectivity index (χ0) is 43.2. The minimum absolute atomic E-state index is 0.157. The molecule has 1 aromatic carbocycles. The van der Waals surface area contributed by atoms with Gasteiger partial charge >= 0.3 is 0 Å². The van der Waals surface area contributed by atoms with Gasteiger partial charge in [0.1, 0.15) is 10.8 Å². The molecule has 7 heterocycles. The Hall–Kier alpha value is -5.33. The minimum atomic E-state index is -0.776. The van der Waals surface area contributed by atoms with Gasteiger partial charge in [0.15, 0.2) is 5.82 Å². The summed E-state index contributed by atoms with van der Waals surface area (Å²) < 4.78 is 2.04. The number of halogens is 1. The number of para-hydroxylation sites is 1. The highest BCUT2D eigenvalue weighted by Crippen LogP contribution is 2.43. The number of allylic oxidation sites excluding steroid dienone is 4. The number of nitrogens with zero attached hydrogens (tertiary/aromatic N) is 8. The van der Waals surface area contributed by atoms with E-state index in [1.807, 2.05) is 25.0 Å². The molecule has 0 spiro atoms. The van der Waals surface area contributed by atoms with Gasteiger partial charge in [-0.25, -0.2) is 9.97 Å². The summed E-state index contributed by atoms with van der Waals surface area (Å²) in [6.45, 7) is 26.6. The number of pyridine rings is 1. The molecule has 1 unspecified atom stereocenters. The summed E-state index contributed by atoms with van der Waals surface area (Å²) in [5, 5.41) is 28.8. The van der Waals surface area contributed by atoms with Crippen LogP contribution >= 0.6 is 11.6 Å². The van der Waals surface area contributed by atoms with Crippen LogP contribution in [0.5, 0.6) is 0 Å². The summed E-state index contributed by atoms with van der Waals surface area (Å²) in [7, 11) is 3.95. The number of aliphatic hydroxyl groups is 1. The topological polar surface area (TPSA) is 123 Å². The molecule has 0 radical (unpaired) electrons. The Labute approximate surface area is 366 Å². The van der Waals surface area contributed by atoms with Gasteiger partial charge in [-0.2, -0.15) is 10.1 Å². The van der Waals surface area contributed by atoms with Gasteiger partial charge in [-0.05, 0) is 108 Å². The molecule has 3 saturated heterocycles. The average Bonchev–Trinajstić information content (AvgIpc) is 3.59. The second-order valence-electron chi connectivity index (χ2n) is 17.8. The van der Waals surface area contributed by atoms with Crippen LogP contribution in [0.15, 0.2) is 91.3 Å². The normalized spacial score (nSPS) is 20.1. The van der Waals surface area contributed by atoms with Crippen molar-refractivity contribution in [1.29, 1.82) is 0 Å². The molecule has 61 heavy (non-hydrogen) atoms. The highest BCUT2D eigenvalue weighted by Gasteiger charge is 2.43. The first-order chi connectivity index (χ1) is 29.2. The van der Waals surface area contributed by atoms with Crippen LogP contribution < -0.4 is 30.7 Å². The van der Waals surface area contributed by atoms with Crippen molar-refractivity contribution in [3.05, 3.63) is 108 Å². The predicted molar refractivity (Wildman–Crippen MR) is 251 cm³/mol. The minimum Gasteiger partial charge on any atom is -0.392 e. The molecule has 4 aliphatic heterocycles. The molecule has 3 fully saturated rings. The number of nitrogens with one attached hydrogen (secondary N) is 3. The lowest BCUT2D eigenvalue weighted by molar-refractivity contribution is -0.0690. The quantitative estimate of drug-likeness (QED) is 0.109. The highest BCUT2D eigenvalue weighted by atomic mass is 35.5. The number of hydrogen-bond acceptors (Lipinski definition) is 11. The summed E-state index contributed by atoms with van der Waals surface area (Å²) in [6.07, 6.45) is 12.8. The standard InChI is InChI=1S/C48H62ClN11O/c1-29(2)60-33(6)34(15-13-30(3)50-8)25-35-26-38(27-51-46(35)60)54-45-41(49)28-52-47(55-45)59-23-19-37(20-24-59)48(7,61)36-17-21-58(22-18-36)42-12-10-11-40-43(56-57(9)44(40)42)39-16-14-31(4)53-32(39)5/h10-12,25-29,36-37,39,50,53,61H,3-6,13-24H2,1-2,7-9H3,(H,52,54,55)/t39?,48-/m1/s1. The zero-order valence-electron chi connectivity index (χ0n) is 36.6. The molecule has 8 rings (SSSR count). The molecule has 0 saturated carbocycles. The summed E-state index contributed by atoms with van der Waals surface area (Å²) in [6, 6.07) is 8.85. The van der Waals surface area contributed by atoms with Gasteiger partial charge in [-0.3, -0.25) is 4.68 Å². The van der Waals surface area contributed by atoms with Crippen LogP contribution in [-0.4, -0.2) is 74.7 Å². The summed E-state index contributed by atoms with van der Waals surface area (Å²) in [5.74, 6) is 2.58. The molecule has 4 aromatic rings. The second kappa shape index (κ2) is 17.2. The number of rotatable bonds is 12. The molecular formula is C48H62ClN11O. The van der Waals surface area contributed by atoms with Gasteiger partial charge in [0, 0.05) is 86.0 Å². The van der Waals surface area contributed by atoms with E-state index in [2.05, 4.69) is 113 Å². The molecule has 0 aliphatic carbocycles. The second-order valence-corrected chi connectivity index (χ2v) is 18.2. The van der Waals surface area contributed by atoms with Crippen LogP contribution in [-0.2, 0) is 7.05 Å². The SMILES string of the molecule is C=C(CCC1=Cc2cc(Nc3nc(N4CCC([C@](C)(O)C5CCN(c6cccc7c(C8CCC(=C)NC8=C)nn(C)c67)CC5)CC4)ncc3Cl)cnc2N(C(C)C)C1=C)NC. The van der Waals surface area contributed by atoms with E-state index in [0.717, 1.165) is 134 Å². The molecule has 322 valence electrons. The molecule has 4 N–H and O–H groups in total. The first-order valence-corrected chi connectivity index (χ1v) is 22.3. The average molecular weight is 845 g/mol. The van der Waals surface area contributed by atoms with Gasteiger partial charge < -0.3 is 35.8 Å². The maximum absolute atomic E-state index is 12.2. The van der Waals surface area contributed by atoms with Crippen LogP contribution in [0.3, 0.4) is 0 Å². The van der Waals surface area contributed by atoms with E-state index in [1.54, 1.807) is 6.20 Å². The monoisotopic (exact) mass is 843 g/mol. The first-order valence-electron chi connectivity index (χ1n) is 21.9. The van der Waals surface area contributed by atoms with Crippen LogP contribution in [0.4, 0.5) is 29.0 Å². The highest BCUT2D eigenvalue weighted by molar-refractivity contribution is 6.32. The van der Waals surface area contributed by atoms with Crippen molar-refractivity contribution in [2.75, 3.05) is 53.2 Å². The summed E-state index contributed by atoms with van der Waals surface area (Å²) >= 11 is 6.70. The van der Waals surface area contributed by atoms with Crippen molar-refractivity contribution in [1.82, 2.24) is 35.4 Å². The first kappa shape index (κ1) is 42.4. The molecule has 13 heteroatoms. The molecule has 4 aliphatic rings. The largest absolute Gasteiger partial charge is 0.392 e. The number of benzene rings is 1. The Bertz CT molecular complexity index is 2380. The van der Waals surface area contributed by atoms with Crippen molar-refractivity contribution in [3.8, 4) is 0 Å². The molecular weight excluding hydrogens is 782 g/mol. The number of anilines is 5. The van der Waals surface area contributed by atoms with Gasteiger partial charge in [0.25, 0.3) is 0 Å². The van der Waals surface area contributed by atoms with Crippen LogP contribution in [0, 0.1) is 11.8 Å². The fraction of sp³-hybridized carbons (Fsp3) is 0.458. The van der Waals surface area contributed by atoms with Crippen LogP contribution in [0.1, 0.15) is 89.3 Å². The lowest BCUT2D eigenvalue weighted by Gasteiger charge is -2.46. The number of aryl methyl sites for hydroxylation is 1. The van der Waals surface area contributed by atoms with Crippen molar-refractivity contribution in [3.63, 3.8) is 0 Å². The molecule has 0 amide bonds. The van der Waals surface area contributed by atoms with Crippen molar-refractivity contribution in [2.45, 2.75) is 89.7 Å². The van der Waals surface area contributed by atoms with E-state index in [0.29, 0.717) is 16.8 Å². The smallest absolute Gasteiger partial charge is 0.227 e. The lowest BCUT2D eigenvalue weighted by Crippen LogP contribution is -2.51. The Balaban J connectivity index is 0.901. The maximum Gasteiger partial charge on any atom is 0.227 e. The van der Waals surface area contributed by atoms with E-state index < -0.39 is 5.60 Å². The van der Waals surface area contributed by atoms with Gasteiger partial charge in [0.2, 0.25) is 5.95 Å². The third kappa shape index (κ3) is 8.36. The van der Waals surface area contributed by atoms with E-state index in [9.17, 15) is 5.11 Å². The zero-order valence-corrected chi connectivity index (χ0v) is 37.3. The van der Waals surface area contributed by atoms with E-state index >= 15 is 0 Å². The van der Waals surface area contributed by atoms with Crippen molar-refractivity contribution < 1.29 is 5.11 Å². The van der Waals surface area contributed by atoms with Gasteiger partial charge in [-0.15, -0.1) is 0 Å². The predicted octanol–water partition coefficient (Wildman–Crippen LogP) is 9.17.